The minimum atomic E-state index is 0.632. The Morgan fingerprint density at radius 2 is 2.20 bits per heavy atom. The first-order chi connectivity index (χ1) is 9.67. The molecule has 0 aliphatic heterocycles. The van der Waals surface area contributed by atoms with E-state index in [0.29, 0.717) is 5.25 Å². The summed E-state index contributed by atoms with van der Waals surface area (Å²) >= 11 is 1.91. The fourth-order valence-corrected chi connectivity index (χ4v) is 2.82. The minimum absolute atomic E-state index is 0.632. The predicted molar refractivity (Wildman–Crippen MR) is 87.2 cm³/mol. The van der Waals surface area contributed by atoms with Gasteiger partial charge in [0.2, 0.25) is 0 Å². The molecule has 2 rings (SSSR count). The standard InChI is InChI=1S/C15H21N3OS/c1-4-10(2)20-9-12-7-11-5-6-13(19-3)8-14(11)17-15(12)18-16/h5-8,10H,4,9,16H2,1-3H3,(H,17,18). The largest absolute Gasteiger partial charge is 0.497 e. The second kappa shape index (κ2) is 6.81. The number of nitrogens with zero attached hydrogens (tertiary/aromatic N) is 1. The maximum Gasteiger partial charge on any atom is 0.144 e. The van der Waals surface area contributed by atoms with Gasteiger partial charge in [-0.05, 0) is 24.6 Å². The van der Waals surface area contributed by atoms with Crippen LogP contribution < -0.4 is 16.0 Å². The number of benzene rings is 1. The van der Waals surface area contributed by atoms with E-state index >= 15 is 0 Å². The minimum Gasteiger partial charge on any atom is -0.497 e. The number of ether oxygens (including phenoxy) is 1. The van der Waals surface area contributed by atoms with Crippen molar-refractivity contribution in [3.8, 4) is 5.75 Å². The van der Waals surface area contributed by atoms with E-state index < -0.39 is 0 Å². The predicted octanol–water partition coefficient (Wildman–Crippen LogP) is 3.56. The van der Waals surface area contributed by atoms with E-state index in [9.17, 15) is 0 Å². The second-order valence-corrected chi connectivity index (χ2v) is 6.16. The molecule has 1 unspecified atom stereocenters. The van der Waals surface area contributed by atoms with Gasteiger partial charge in [0.05, 0.1) is 12.6 Å². The number of nitrogen functional groups attached to an aromatic ring is 1. The highest BCUT2D eigenvalue weighted by atomic mass is 32.2. The molecule has 108 valence electrons. The molecule has 3 N–H and O–H groups in total. The number of pyridine rings is 1. The Hall–Kier alpha value is -1.46. The number of nitrogens with two attached hydrogens (primary N) is 1. The maximum atomic E-state index is 5.60. The highest BCUT2D eigenvalue weighted by Gasteiger charge is 2.09. The number of anilines is 1. The van der Waals surface area contributed by atoms with Crippen LogP contribution in [0.25, 0.3) is 10.9 Å². The van der Waals surface area contributed by atoms with Crippen molar-refractivity contribution in [3.63, 3.8) is 0 Å². The number of nitrogens with one attached hydrogen (secondary N) is 1. The van der Waals surface area contributed by atoms with E-state index in [0.717, 1.165) is 40.2 Å². The fourth-order valence-electron chi connectivity index (χ4n) is 1.90. The maximum absolute atomic E-state index is 5.60. The molecule has 0 radical (unpaired) electrons. The smallest absolute Gasteiger partial charge is 0.144 e. The van der Waals surface area contributed by atoms with Crippen LogP contribution in [0.2, 0.25) is 0 Å². The van der Waals surface area contributed by atoms with E-state index in [4.69, 9.17) is 10.6 Å². The van der Waals surface area contributed by atoms with Crippen molar-refractivity contribution in [2.24, 2.45) is 5.84 Å². The summed E-state index contributed by atoms with van der Waals surface area (Å²) in [4.78, 5) is 4.58. The average molecular weight is 291 g/mol. The molecule has 0 saturated carbocycles. The zero-order valence-corrected chi connectivity index (χ0v) is 13.0. The number of thioether (sulfide) groups is 1. The SMILES string of the molecule is CCC(C)SCc1cc2ccc(OC)cc2nc1NN. The molecule has 0 aliphatic rings. The number of hydrazine groups is 1. The van der Waals surface area contributed by atoms with E-state index in [1.54, 1.807) is 7.11 Å². The summed E-state index contributed by atoms with van der Waals surface area (Å²) in [6.07, 6.45) is 1.16. The zero-order valence-electron chi connectivity index (χ0n) is 12.1. The summed E-state index contributed by atoms with van der Waals surface area (Å²) in [6.45, 7) is 4.43. The molecule has 5 heteroatoms. The topological polar surface area (TPSA) is 60.2 Å². The van der Waals surface area contributed by atoms with Gasteiger partial charge in [-0.2, -0.15) is 11.8 Å². The normalized spacial score (nSPS) is 12.4. The summed E-state index contributed by atoms with van der Waals surface area (Å²) in [6, 6.07) is 8.04. The van der Waals surface area contributed by atoms with Gasteiger partial charge in [-0.1, -0.05) is 13.8 Å². The van der Waals surface area contributed by atoms with Crippen molar-refractivity contribution in [2.75, 3.05) is 12.5 Å². The van der Waals surface area contributed by atoms with E-state index in [-0.39, 0.29) is 0 Å². The summed E-state index contributed by atoms with van der Waals surface area (Å²) in [7, 11) is 1.65. The Labute approximate surface area is 124 Å². The van der Waals surface area contributed by atoms with Crippen LogP contribution >= 0.6 is 11.8 Å². The van der Waals surface area contributed by atoms with Crippen LogP contribution in [0.1, 0.15) is 25.8 Å². The molecule has 0 amide bonds. The third kappa shape index (κ3) is 3.35. The number of methoxy groups -OCH3 is 1. The highest BCUT2D eigenvalue weighted by molar-refractivity contribution is 7.99. The van der Waals surface area contributed by atoms with Crippen molar-refractivity contribution >= 4 is 28.5 Å². The molecule has 1 aromatic heterocycles. The Balaban J connectivity index is 2.34. The van der Waals surface area contributed by atoms with Crippen molar-refractivity contribution in [1.82, 2.24) is 4.98 Å². The fraction of sp³-hybridized carbons (Fsp3) is 0.400. The van der Waals surface area contributed by atoms with Gasteiger partial charge in [-0.15, -0.1) is 0 Å². The number of hydrogen-bond donors (Lipinski definition) is 2. The lowest BCUT2D eigenvalue weighted by Crippen LogP contribution is -2.11. The Morgan fingerprint density at radius 3 is 2.85 bits per heavy atom. The van der Waals surface area contributed by atoms with Gasteiger partial charge in [0, 0.05) is 28.0 Å². The zero-order chi connectivity index (χ0) is 14.5. The molecule has 1 atom stereocenters. The quantitative estimate of drug-likeness (QED) is 0.629. The van der Waals surface area contributed by atoms with Crippen molar-refractivity contribution in [3.05, 3.63) is 29.8 Å². The van der Waals surface area contributed by atoms with Crippen LogP contribution in [0.5, 0.6) is 5.75 Å². The van der Waals surface area contributed by atoms with Crippen molar-refractivity contribution in [1.29, 1.82) is 0 Å². The van der Waals surface area contributed by atoms with Gasteiger partial charge in [0.1, 0.15) is 11.6 Å². The first-order valence-electron chi connectivity index (χ1n) is 6.73. The first kappa shape index (κ1) is 14.9. The van der Waals surface area contributed by atoms with E-state index in [1.807, 2.05) is 30.0 Å². The second-order valence-electron chi connectivity index (χ2n) is 4.73. The van der Waals surface area contributed by atoms with Crippen LogP contribution in [0.3, 0.4) is 0 Å². The van der Waals surface area contributed by atoms with Crippen molar-refractivity contribution < 1.29 is 4.74 Å². The molecular weight excluding hydrogens is 270 g/mol. The summed E-state index contributed by atoms with van der Waals surface area (Å²) in [5, 5.41) is 1.73. The van der Waals surface area contributed by atoms with Crippen LogP contribution in [-0.4, -0.2) is 17.3 Å². The molecule has 4 nitrogen and oxygen atoms in total. The number of aromatic nitrogens is 1. The third-order valence-electron chi connectivity index (χ3n) is 3.34. The van der Waals surface area contributed by atoms with Gasteiger partial charge >= 0.3 is 0 Å². The lowest BCUT2D eigenvalue weighted by Gasteiger charge is -2.13. The molecule has 0 saturated heterocycles. The Kier molecular flexibility index (Phi) is 5.09. The number of rotatable bonds is 6. The van der Waals surface area contributed by atoms with Gasteiger partial charge in [-0.25, -0.2) is 10.8 Å². The van der Waals surface area contributed by atoms with Gasteiger partial charge in [0.25, 0.3) is 0 Å². The third-order valence-corrected chi connectivity index (χ3v) is 4.72. The lowest BCUT2D eigenvalue weighted by atomic mass is 10.1. The molecule has 1 heterocycles. The molecule has 1 aromatic carbocycles. The van der Waals surface area contributed by atoms with E-state index in [1.165, 1.54) is 0 Å². The summed E-state index contributed by atoms with van der Waals surface area (Å²) in [5.74, 6) is 8.04. The number of fused-ring (bicyclic) bond motifs is 1. The highest BCUT2D eigenvalue weighted by Crippen LogP contribution is 2.28. The number of hydrogen-bond acceptors (Lipinski definition) is 5. The molecule has 0 spiro atoms. The molecule has 0 aliphatic carbocycles. The monoisotopic (exact) mass is 291 g/mol. The van der Waals surface area contributed by atoms with Crippen LogP contribution in [0.4, 0.5) is 5.82 Å². The Bertz CT molecular complexity index is 589. The molecule has 0 bridgehead atoms. The van der Waals surface area contributed by atoms with Gasteiger partial charge in [0.15, 0.2) is 0 Å². The molecule has 0 fully saturated rings. The molecular formula is C15H21N3OS. The van der Waals surface area contributed by atoms with Crippen molar-refractivity contribution in [2.45, 2.75) is 31.3 Å². The van der Waals surface area contributed by atoms with Gasteiger partial charge in [-0.3, -0.25) is 0 Å². The van der Waals surface area contributed by atoms with Crippen LogP contribution in [0, 0.1) is 0 Å². The lowest BCUT2D eigenvalue weighted by molar-refractivity contribution is 0.415. The summed E-state index contributed by atoms with van der Waals surface area (Å²) in [5.41, 5.74) is 4.72. The molecule has 20 heavy (non-hydrogen) atoms. The van der Waals surface area contributed by atoms with Crippen LogP contribution in [-0.2, 0) is 5.75 Å². The Morgan fingerprint density at radius 1 is 1.40 bits per heavy atom. The average Bonchev–Trinajstić information content (AvgIpc) is 2.50. The van der Waals surface area contributed by atoms with E-state index in [2.05, 4.69) is 30.3 Å². The first-order valence-corrected chi connectivity index (χ1v) is 7.78. The molecule has 2 aromatic rings. The van der Waals surface area contributed by atoms with Crippen LogP contribution in [0.15, 0.2) is 24.3 Å². The summed E-state index contributed by atoms with van der Waals surface area (Å²) < 4.78 is 5.22. The van der Waals surface area contributed by atoms with Gasteiger partial charge < -0.3 is 10.2 Å².